The van der Waals surface area contributed by atoms with Crippen molar-refractivity contribution in [2.24, 2.45) is 5.90 Å². The van der Waals surface area contributed by atoms with Crippen LogP contribution in [0.1, 0.15) is 25.0 Å². The zero-order valence-electron chi connectivity index (χ0n) is 8.10. The maximum Gasteiger partial charge on any atom is 0.109 e. The molecule has 1 aromatic rings. The number of nitrogens with two attached hydrogens (primary N) is 1. The number of hydrogen-bond donors (Lipinski definition) is 1. The first-order chi connectivity index (χ1) is 5.99. The average molecular weight is 244 g/mol. The van der Waals surface area contributed by atoms with Gasteiger partial charge in [-0.3, -0.25) is 4.84 Å². The average Bonchev–Trinajstić information content (AvgIpc) is 2.09. The molecule has 0 aromatic heterocycles. The second kappa shape index (κ2) is 3.78. The minimum absolute atomic E-state index is 0.437. The van der Waals surface area contributed by atoms with Crippen LogP contribution in [0.15, 0.2) is 22.7 Å². The summed E-state index contributed by atoms with van der Waals surface area (Å²) in [5.41, 5.74) is 1.83. The fourth-order valence-corrected chi connectivity index (χ4v) is 1.69. The summed E-state index contributed by atoms with van der Waals surface area (Å²) in [6.45, 7) is 5.93. The smallest absolute Gasteiger partial charge is 0.109 e. The number of benzene rings is 1. The predicted molar refractivity (Wildman–Crippen MR) is 57.2 cm³/mol. The standard InChI is InChI=1S/C10H14BrNO/c1-7-8(10(2,3)13-12)5-4-6-9(7)11/h4-6H,12H2,1-3H3. The Labute approximate surface area is 87.2 Å². The molecule has 13 heavy (non-hydrogen) atoms. The van der Waals surface area contributed by atoms with Gasteiger partial charge in [0.25, 0.3) is 0 Å². The van der Waals surface area contributed by atoms with Crippen LogP contribution in [0.4, 0.5) is 0 Å². The first-order valence-electron chi connectivity index (χ1n) is 4.12. The Morgan fingerprint density at radius 3 is 2.54 bits per heavy atom. The topological polar surface area (TPSA) is 35.2 Å². The lowest BCUT2D eigenvalue weighted by Crippen LogP contribution is -2.26. The van der Waals surface area contributed by atoms with Crippen molar-refractivity contribution < 1.29 is 4.84 Å². The molecular weight excluding hydrogens is 230 g/mol. The van der Waals surface area contributed by atoms with Crippen molar-refractivity contribution in [2.75, 3.05) is 0 Å². The highest BCUT2D eigenvalue weighted by atomic mass is 79.9. The second-order valence-electron chi connectivity index (χ2n) is 3.54. The van der Waals surface area contributed by atoms with Gasteiger partial charge in [-0.1, -0.05) is 28.1 Å². The summed E-state index contributed by atoms with van der Waals surface area (Å²) < 4.78 is 1.08. The lowest BCUT2D eigenvalue weighted by atomic mass is 9.94. The molecule has 0 spiro atoms. The molecule has 0 heterocycles. The number of rotatable bonds is 2. The quantitative estimate of drug-likeness (QED) is 0.812. The van der Waals surface area contributed by atoms with E-state index < -0.39 is 5.60 Å². The highest BCUT2D eigenvalue weighted by Crippen LogP contribution is 2.29. The Bertz CT molecular complexity index is 310. The van der Waals surface area contributed by atoms with Crippen LogP contribution >= 0.6 is 15.9 Å². The van der Waals surface area contributed by atoms with Crippen molar-refractivity contribution >= 4 is 15.9 Å². The van der Waals surface area contributed by atoms with E-state index in [0.717, 1.165) is 15.6 Å². The molecule has 3 heteroatoms. The normalized spacial score (nSPS) is 11.8. The molecule has 0 aliphatic carbocycles. The Morgan fingerprint density at radius 2 is 2.00 bits per heavy atom. The molecule has 0 bridgehead atoms. The fourth-order valence-electron chi connectivity index (χ4n) is 1.32. The Balaban J connectivity index is 3.22. The van der Waals surface area contributed by atoms with Crippen LogP contribution < -0.4 is 5.90 Å². The molecule has 0 aliphatic rings. The highest BCUT2D eigenvalue weighted by Gasteiger charge is 2.22. The third kappa shape index (κ3) is 2.10. The van der Waals surface area contributed by atoms with Gasteiger partial charge in [0.15, 0.2) is 0 Å². The largest absolute Gasteiger partial charge is 0.294 e. The fraction of sp³-hybridized carbons (Fsp3) is 0.400. The van der Waals surface area contributed by atoms with Crippen molar-refractivity contribution in [1.29, 1.82) is 0 Å². The van der Waals surface area contributed by atoms with E-state index in [1.54, 1.807) is 0 Å². The van der Waals surface area contributed by atoms with E-state index in [1.165, 1.54) is 0 Å². The van der Waals surface area contributed by atoms with Gasteiger partial charge < -0.3 is 0 Å². The first kappa shape index (κ1) is 10.7. The van der Waals surface area contributed by atoms with Crippen LogP contribution in [-0.2, 0) is 10.4 Å². The second-order valence-corrected chi connectivity index (χ2v) is 4.39. The van der Waals surface area contributed by atoms with E-state index in [9.17, 15) is 0 Å². The summed E-state index contributed by atoms with van der Waals surface area (Å²) in [6, 6.07) is 6.01. The first-order valence-corrected chi connectivity index (χ1v) is 4.92. The van der Waals surface area contributed by atoms with Gasteiger partial charge in [0, 0.05) is 4.47 Å². The van der Waals surface area contributed by atoms with Gasteiger partial charge in [0.1, 0.15) is 5.60 Å². The molecule has 0 aliphatic heterocycles. The molecule has 0 amide bonds. The SMILES string of the molecule is Cc1c(Br)cccc1C(C)(C)ON. The van der Waals surface area contributed by atoms with Gasteiger partial charge >= 0.3 is 0 Å². The molecule has 0 fully saturated rings. The van der Waals surface area contributed by atoms with E-state index in [-0.39, 0.29) is 0 Å². The van der Waals surface area contributed by atoms with Gasteiger partial charge in [0.05, 0.1) is 0 Å². The van der Waals surface area contributed by atoms with E-state index >= 15 is 0 Å². The zero-order chi connectivity index (χ0) is 10.1. The van der Waals surface area contributed by atoms with Crippen molar-refractivity contribution in [3.05, 3.63) is 33.8 Å². The lowest BCUT2D eigenvalue weighted by molar-refractivity contribution is -0.0241. The molecule has 2 nitrogen and oxygen atoms in total. The van der Waals surface area contributed by atoms with Crippen LogP contribution in [0.25, 0.3) is 0 Å². The Kier molecular flexibility index (Phi) is 3.11. The third-order valence-corrected chi connectivity index (χ3v) is 3.07. The molecule has 0 saturated heterocycles. The maximum atomic E-state index is 5.24. The summed E-state index contributed by atoms with van der Waals surface area (Å²) in [7, 11) is 0. The molecule has 72 valence electrons. The van der Waals surface area contributed by atoms with Crippen molar-refractivity contribution in [1.82, 2.24) is 0 Å². The minimum Gasteiger partial charge on any atom is -0.294 e. The highest BCUT2D eigenvalue weighted by molar-refractivity contribution is 9.10. The van der Waals surface area contributed by atoms with E-state index in [0.29, 0.717) is 0 Å². The molecule has 0 atom stereocenters. The number of hydrogen-bond acceptors (Lipinski definition) is 2. The van der Waals surface area contributed by atoms with Gasteiger partial charge in [0.2, 0.25) is 0 Å². The van der Waals surface area contributed by atoms with Crippen LogP contribution in [0, 0.1) is 6.92 Å². The van der Waals surface area contributed by atoms with Gasteiger partial charge in [-0.05, 0) is 38.0 Å². The third-order valence-electron chi connectivity index (χ3n) is 2.21. The maximum absolute atomic E-state index is 5.24. The molecule has 0 radical (unpaired) electrons. The van der Waals surface area contributed by atoms with Gasteiger partial charge in [-0.15, -0.1) is 0 Å². The predicted octanol–water partition coefficient (Wildman–Crippen LogP) is 2.88. The van der Waals surface area contributed by atoms with E-state index in [1.807, 2.05) is 39.0 Å². The molecule has 1 aromatic carbocycles. The summed E-state index contributed by atoms with van der Waals surface area (Å²) in [6.07, 6.45) is 0. The minimum atomic E-state index is -0.437. The van der Waals surface area contributed by atoms with Crippen LogP contribution in [0.2, 0.25) is 0 Å². The van der Waals surface area contributed by atoms with Gasteiger partial charge in [-0.2, -0.15) is 0 Å². The van der Waals surface area contributed by atoms with Gasteiger partial charge in [-0.25, -0.2) is 5.90 Å². The summed E-state index contributed by atoms with van der Waals surface area (Å²) in [4.78, 5) is 4.94. The van der Waals surface area contributed by atoms with E-state index in [2.05, 4.69) is 15.9 Å². The monoisotopic (exact) mass is 243 g/mol. The summed E-state index contributed by atoms with van der Waals surface area (Å²) in [5, 5.41) is 0. The molecule has 0 saturated carbocycles. The zero-order valence-corrected chi connectivity index (χ0v) is 9.68. The van der Waals surface area contributed by atoms with Crippen LogP contribution in [0.5, 0.6) is 0 Å². The number of halogens is 1. The van der Waals surface area contributed by atoms with Crippen LogP contribution in [-0.4, -0.2) is 0 Å². The van der Waals surface area contributed by atoms with E-state index in [4.69, 9.17) is 10.7 Å². The molecule has 1 rings (SSSR count). The lowest BCUT2D eigenvalue weighted by Gasteiger charge is -2.24. The van der Waals surface area contributed by atoms with Crippen molar-refractivity contribution in [3.8, 4) is 0 Å². The molecular formula is C10H14BrNO. The van der Waals surface area contributed by atoms with Crippen molar-refractivity contribution in [2.45, 2.75) is 26.4 Å². The summed E-state index contributed by atoms with van der Waals surface area (Å²) >= 11 is 3.47. The summed E-state index contributed by atoms with van der Waals surface area (Å²) in [5.74, 6) is 5.24. The Morgan fingerprint density at radius 1 is 1.38 bits per heavy atom. The van der Waals surface area contributed by atoms with Crippen LogP contribution in [0.3, 0.4) is 0 Å². The van der Waals surface area contributed by atoms with Crippen molar-refractivity contribution in [3.63, 3.8) is 0 Å². The molecule has 0 unspecified atom stereocenters. The Hall–Kier alpha value is -0.380. The molecule has 2 N–H and O–H groups in total.